The molecule has 0 N–H and O–H groups in total. The summed E-state index contributed by atoms with van der Waals surface area (Å²) in [6.07, 6.45) is 4.00. The molecule has 3 heterocycles. The van der Waals surface area contributed by atoms with Gasteiger partial charge in [-0.1, -0.05) is 24.1 Å². The molecule has 0 unspecified atom stereocenters. The van der Waals surface area contributed by atoms with E-state index in [1.54, 1.807) is 6.07 Å². The predicted octanol–water partition coefficient (Wildman–Crippen LogP) is 2.75. The highest BCUT2D eigenvalue weighted by Crippen LogP contribution is 2.26. The van der Waals surface area contributed by atoms with E-state index >= 15 is 0 Å². The number of halogens is 2. The van der Waals surface area contributed by atoms with Crippen LogP contribution in [-0.2, 0) is 4.79 Å². The Labute approximate surface area is 199 Å². The fourth-order valence-electron chi connectivity index (χ4n) is 4.82. The van der Waals surface area contributed by atoms with Crippen molar-refractivity contribution < 1.29 is 9.18 Å². The summed E-state index contributed by atoms with van der Waals surface area (Å²) < 4.78 is 13.7. The van der Waals surface area contributed by atoms with Crippen LogP contribution in [0, 0.1) is 5.82 Å². The Bertz CT molecular complexity index is 969. The van der Waals surface area contributed by atoms with Crippen molar-refractivity contribution >= 4 is 23.3 Å². The van der Waals surface area contributed by atoms with Crippen LogP contribution >= 0.6 is 11.6 Å². The Hall–Kier alpha value is -2.29. The molecule has 7 nitrogen and oxygen atoms in total. The van der Waals surface area contributed by atoms with Crippen LogP contribution in [0.15, 0.2) is 30.3 Å². The number of anilines is 1. The highest BCUT2D eigenvalue weighted by Gasteiger charge is 2.30. The van der Waals surface area contributed by atoms with Crippen LogP contribution in [0.2, 0.25) is 5.02 Å². The number of benzene rings is 1. The van der Waals surface area contributed by atoms with Gasteiger partial charge in [0, 0.05) is 64.0 Å². The number of rotatable bonds is 5. The molecule has 0 bridgehead atoms. The molecule has 1 aromatic carbocycles. The quantitative estimate of drug-likeness (QED) is 0.667. The molecule has 3 aliphatic rings. The second-order valence-electron chi connectivity index (χ2n) is 9.17. The Morgan fingerprint density at radius 1 is 0.970 bits per heavy atom. The van der Waals surface area contributed by atoms with Gasteiger partial charge in [0.05, 0.1) is 17.3 Å². The first-order chi connectivity index (χ1) is 16.1. The molecule has 0 atom stereocenters. The van der Waals surface area contributed by atoms with Gasteiger partial charge in [-0.25, -0.2) is 4.39 Å². The van der Waals surface area contributed by atoms with Crippen molar-refractivity contribution in [3.8, 4) is 11.3 Å². The van der Waals surface area contributed by atoms with Crippen LogP contribution in [0.1, 0.15) is 19.3 Å². The molecule has 1 amide bonds. The largest absolute Gasteiger partial charge is 0.353 e. The lowest BCUT2D eigenvalue weighted by Crippen LogP contribution is -2.56. The van der Waals surface area contributed by atoms with Gasteiger partial charge in [-0.2, -0.15) is 0 Å². The average Bonchev–Trinajstić information content (AvgIpc) is 2.81. The maximum Gasteiger partial charge on any atom is 0.236 e. The van der Waals surface area contributed by atoms with Gasteiger partial charge < -0.3 is 9.80 Å². The van der Waals surface area contributed by atoms with Crippen LogP contribution < -0.4 is 4.90 Å². The standard InChI is InChI=1S/C24H30ClFN6O/c25-20-5-4-18(16-21(20)26)22-6-7-23(28-27-22)31-10-8-29(9-11-31)17-24(33)32-14-12-30(13-15-32)19-2-1-3-19/h4-7,16,19H,1-3,8-15,17H2. The van der Waals surface area contributed by atoms with Gasteiger partial charge in [-0.3, -0.25) is 14.6 Å². The van der Waals surface area contributed by atoms with Gasteiger partial charge in [0.1, 0.15) is 5.82 Å². The van der Waals surface area contributed by atoms with Crippen molar-refractivity contribution in [2.75, 3.05) is 63.8 Å². The first-order valence-corrected chi connectivity index (χ1v) is 12.2. The van der Waals surface area contributed by atoms with Gasteiger partial charge in [-0.05, 0) is 37.1 Å². The molecule has 176 valence electrons. The fourth-order valence-corrected chi connectivity index (χ4v) is 4.94. The zero-order valence-electron chi connectivity index (χ0n) is 18.8. The molecular formula is C24H30ClFN6O. The summed E-state index contributed by atoms with van der Waals surface area (Å²) in [5.74, 6) is 0.577. The molecule has 2 aliphatic heterocycles. The lowest BCUT2D eigenvalue weighted by molar-refractivity contribution is -0.134. The number of hydrogen-bond donors (Lipinski definition) is 0. The van der Waals surface area contributed by atoms with E-state index in [2.05, 4.69) is 24.9 Å². The third-order valence-electron chi connectivity index (χ3n) is 7.18. The molecule has 9 heteroatoms. The Balaban J connectivity index is 1.09. The molecule has 0 spiro atoms. The van der Waals surface area contributed by atoms with E-state index in [1.165, 1.54) is 31.4 Å². The van der Waals surface area contributed by atoms with Crippen molar-refractivity contribution in [2.24, 2.45) is 0 Å². The van der Waals surface area contributed by atoms with Crippen molar-refractivity contribution in [2.45, 2.75) is 25.3 Å². The molecule has 1 aliphatic carbocycles. The van der Waals surface area contributed by atoms with E-state index < -0.39 is 5.82 Å². The van der Waals surface area contributed by atoms with Gasteiger partial charge >= 0.3 is 0 Å². The van der Waals surface area contributed by atoms with Gasteiger partial charge in [0.15, 0.2) is 5.82 Å². The third-order valence-corrected chi connectivity index (χ3v) is 7.49. The van der Waals surface area contributed by atoms with E-state index in [0.717, 1.165) is 64.2 Å². The minimum absolute atomic E-state index is 0.0932. The van der Waals surface area contributed by atoms with E-state index in [9.17, 15) is 9.18 Å². The van der Waals surface area contributed by atoms with Crippen molar-refractivity contribution in [1.29, 1.82) is 0 Å². The Morgan fingerprint density at radius 2 is 1.73 bits per heavy atom. The van der Waals surface area contributed by atoms with Crippen LogP contribution in [0.3, 0.4) is 0 Å². The van der Waals surface area contributed by atoms with E-state index in [4.69, 9.17) is 11.6 Å². The summed E-state index contributed by atoms with van der Waals surface area (Å²) in [7, 11) is 0. The summed E-state index contributed by atoms with van der Waals surface area (Å²) >= 11 is 5.76. The normalized spacial score (nSPS) is 20.7. The SMILES string of the molecule is O=C(CN1CCN(c2ccc(-c3ccc(Cl)c(F)c3)nn2)CC1)N1CCN(C2CCC2)CC1. The number of carbonyl (C=O) groups is 1. The summed E-state index contributed by atoms with van der Waals surface area (Å²) in [6, 6.07) is 9.16. The fraction of sp³-hybridized carbons (Fsp3) is 0.542. The zero-order chi connectivity index (χ0) is 22.8. The zero-order valence-corrected chi connectivity index (χ0v) is 19.6. The summed E-state index contributed by atoms with van der Waals surface area (Å²) in [4.78, 5) is 21.8. The second kappa shape index (κ2) is 9.91. The second-order valence-corrected chi connectivity index (χ2v) is 9.58. The van der Waals surface area contributed by atoms with E-state index in [1.807, 2.05) is 17.0 Å². The minimum Gasteiger partial charge on any atom is -0.353 e. The molecule has 1 saturated carbocycles. The minimum atomic E-state index is -0.467. The lowest BCUT2D eigenvalue weighted by atomic mass is 9.91. The molecular weight excluding hydrogens is 443 g/mol. The van der Waals surface area contributed by atoms with Crippen LogP contribution in [-0.4, -0.2) is 95.7 Å². The maximum absolute atomic E-state index is 13.7. The monoisotopic (exact) mass is 472 g/mol. The van der Waals surface area contributed by atoms with Gasteiger partial charge in [-0.15, -0.1) is 10.2 Å². The van der Waals surface area contributed by atoms with Crippen LogP contribution in [0.25, 0.3) is 11.3 Å². The molecule has 0 radical (unpaired) electrons. The number of nitrogens with zero attached hydrogens (tertiary/aromatic N) is 6. The summed E-state index contributed by atoms with van der Waals surface area (Å²) in [6.45, 7) is 7.47. The van der Waals surface area contributed by atoms with Crippen LogP contribution in [0.4, 0.5) is 10.2 Å². The average molecular weight is 473 g/mol. The van der Waals surface area contributed by atoms with Crippen molar-refractivity contribution in [3.05, 3.63) is 41.2 Å². The van der Waals surface area contributed by atoms with E-state index in [-0.39, 0.29) is 10.9 Å². The predicted molar refractivity (Wildman–Crippen MR) is 127 cm³/mol. The highest BCUT2D eigenvalue weighted by molar-refractivity contribution is 6.30. The number of piperazine rings is 2. The smallest absolute Gasteiger partial charge is 0.236 e. The van der Waals surface area contributed by atoms with Gasteiger partial charge in [0.2, 0.25) is 5.91 Å². The number of carbonyl (C=O) groups excluding carboxylic acids is 1. The third kappa shape index (κ3) is 5.13. The summed E-state index contributed by atoms with van der Waals surface area (Å²) in [5.41, 5.74) is 1.25. The molecule has 33 heavy (non-hydrogen) atoms. The molecule has 3 fully saturated rings. The molecule has 1 aromatic heterocycles. The topological polar surface area (TPSA) is 55.8 Å². The molecule has 2 saturated heterocycles. The number of amides is 1. The Morgan fingerprint density at radius 3 is 2.33 bits per heavy atom. The molecule has 2 aromatic rings. The Kier molecular flexibility index (Phi) is 6.76. The number of hydrogen-bond acceptors (Lipinski definition) is 6. The summed E-state index contributed by atoms with van der Waals surface area (Å²) in [5, 5.41) is 8.71. The molecule has 5 rings (SSSR count). The number of aromatic nitrogens is 2. The lowest BCUT2D eigenvalue weighted by Gasteiger charge is -2.43. The first-order valence-electron chi connectivity index (χ1n) is 11.8. The van der Waals surface area contributed by atoms with Crippen molar-refractivity contribution in [3.63, 3.8) is 0 Å². The highest BCUT2D eigenvalue weighted by atomic mass is 35.5. The maximum atomic E-state index is 13.7. The van der Waals surface area contributed by atoms with Gasteiger partial charge in [0.25, 0.3) is 0 Å². The van der Waals surface area contributed by atoms with E-state index in [0.29, 0.717) is 17.8 Å². The first kappa shape index (κ1) is 22.5. The van der Waals surface area contributed by atoms with Crippen LogP contribution in [0.5, 0.6) is 0 Å². The van der Waals surface area contributed by atoms with Crippen molar-refractivity contribution in [1.82, 2.24) is 24.9 Å².